The molecule has 2 heterocycles. The number of H-pyrrole nitrogens is 1. The van der Waals surface area contributed by atoms with Crippen molar-refractivity contribution in [3.8, 4) is 22.6 Å². The number of pyridine rings is 1. The Labute approximate surface area is 231 Å². The average molecular weight is 570 g/mol. The molecule has 9 nitrogen and oxygen atoms in total. The van der Waals surface area contributed by atoms with Crippen molar-refractivity contribution < 1.29 is 27.4 Å². The smallest absolute Gasteiger partial charge is 0.267 e. The number of rotatable bonds is 8. The predicted octanol–water partition coefficient (Wildman–Crippen LogP) is 4.08. The second kappa shape index (κ2) is 10.5. The number of aromatic amines is 1. The molecule has 0 radical (unpaired) electrons. The van der Waals surface area contributed by atoms with E-state index in [9.17, 15) is 27.5 Å². The first-order valence-corrected chi connectivity index (χ1v) is 14.6. The van der Waals surface area contributed by atoms with Crippen LogP contribution in [0.25, 0.3) is 22.0 Å². The second-order valence-corrected chi connectivity index (χ2v) is 12.8. The van der Waals surface area contributed by atoms with Crippen LogP contribution in [0, 0.1) is 19.7 Å². The molecule has 0 unspecified atom stereocenters. The summed E-state index contributed by atoms with van der Waals surface area (Å²) in [5.41, 5.74) is 1.70. The van der Waals surface area contributed by atoms with Gasteiger partial charge in [-0.15, -0.1) is 0 Å². The maximum absolute atomic E-state index is 14.0. The number of hydrogen-bond donors (Lipinski definition) is 3. The quantitative estimate of drug-likeness (QED) is 0.293. The number of amides is 1. The molecule has 1 amide bonds. The van der Waals surface area contributed by atoms with E-state index in [1.807, 2.05) is 0 Å². The Kier molecular flexibility index (Phi) is 7.66. The van der Waals surface area contributed by atoms with Crippen LogP contribution in [0.1, 0.15) is 41.0 Å². The molecule has 4 aromatic rings. The Morgan fingerprint density at radius 3 is 2.38 bits per heavy atom. The highest BCUT2D eigenvalue weighted by molar-refractivity contribution is 7.90. The second-order valence-electron chi connectivity index (χ2n) is 10.6. The number of aliphatic hydroxyl groups is 1. The van der Waals surface area contributed by atoms with E-state index in [1.54, 1.807) is 59.1 Å². The summed E-state index contributed by atoms with van der Waals surface area (Å²) in [6.45, 7) is 6.68. The van der Waals surface area contributed by atoms with Crippen LogP contribution in [-0.2, 0) is 22.5 Å². The van der Waals surface area contributed by atoms with E-state index < -0.39 is 21.3 Å². The number of hydrogen-bond acceptors (Lipinski definition) is 6. The number of sulfone groups is 1. The minimum atomic E-state index is -3.27. The van der Waals surface area contributed by atoms with Gasteiger partial charge in [0.05, 0.1) is 22.3 Å². The largest absolute Gasteiger partial charge is 0.456 e. The van der Waals surface area contributed by atoms with Crippen molar-refractivity contribution in [2.24, 2.45) is 7.05 Å². The number of carbonyl (C=O) groups excluding carboxylic acids is 1. The van der Waals surface area contributed by atoms with Gasteiger partial charge in [-0.05, 0) is 74.7 Å². The first-order chi connectivity index (χ1) is 18.5. The molecule has 212 valence electrons. The van der Waals surface area contributed by atoms with Crippen molar-refractivity contribution in [3.63, 3.8) is 0 Å². The zero-order valence-corrected chi connectivity index (χ0v) is 24.0. The Morgan fingerprint density at radius 1 is 1.12 bits per heavy atom. The fourth-order valence-corrected chi connectivity index (χ4v) is 4.97. The third-order valence-corrected chi connectivity index (χ3v) is 7.52. The molecular formula is C29H32FN3O6S. The van der Waals surface area contributed by atoms with Crippen molar-refractivity contribution in [1.82, 2.24) is 14.9 Å². The van der Waals surface area contributed by atoms with Crippen LogP contribution in [0.15, 0.2) is 47.4 Å². The van der Waals surface area contributed by atoms with Gasteiger partial charge in [0, 0.05) is 37.2 Å². The molecule has 0 saturated heterocycles. The first kappa shape index (κ1) is 29.0. The fraction of sp³-hybridized carbons (Fsp3) is 0.310. The molecule has 2 aromatic carbocycles. The molecule has 0 saturated carbocycles. The molecule has 0 aliphatic carbocycles. The van der Waals surface area contributed by atoms with E-state index >= 15 is 0 Å². The first-order valence-electron chi connectivity index (χ1n) is 12.6. The number of nitrogens with one attached hydrogen (secondary N) is 2. The van der Waals surface area contributed by atoms with Gasteiger partial charge in [0.2, 0.25) is 0 Å². The lowest BCUT2D eigenvalue weighted by Gasteiger charge is -2.22. The molecule has 0 aliphatic rings. The van der Waals surface area contributed by atoms with Gasteiger partial charge in [-0.3, -0.25) is 9.59 Å². The van der Waals surface area contributed by atoms with Crippen molar-refractivity contribution >= 4 is 26.6 Å². The predicted molar refractivity (Wildman–Crippen MR) is 152 cm³/mol. The van der Waals surface area contributed by atoms with Gasteiger partial charge in [0.25, 0.3) is 11.5 Å². The summed E-state index contributed by atoms with van der Waals surface area (Å²) in [5, 5.41) is 13.5. The van der Waals surface area contributed by atoms with E-state index in [2.05, 4.69) is 10.3 Å². The SMILES string of the molecule is Cc1cc(F)cc(C)c1Oc1ccc(C(C)(C)O)cc1-c1cn(C)c(=O)c2cc(C(=O)NCCS(C)(=O)=O)[nH]c12. The Balaban J connectivity index is 1.90. The monoisotopic (exact) mass is 569 g/mol. The van der Waals surface area contributed by atoms with Gasteiger partial charge >= 0.3 is 0 Å². The van der Waals surface area contributed by atoms with E-state index in [0.717, 1.165) is 6.26 Å². The number of halogens is 1. The van der Waals surface area contributed by atoms with Crippen molar-refractivity contribution in [2.75, 3.05) is 18.6 Å². The number of carbonyl (C=O) groups is 1. The lowest BCUT2D eigenvalue weighted by molar-refractivity contribution is 0.0786. The summed E-state index contributed by atoms with van der Waals surface area (Å²) < 4.78 is 44.5. The number of aryl methyl sites for hydroxylation is 3. The highest BCUT2D eigenvalue weighted by Crippen LogP contribution is 2.40. The summed E-state index contributed by atoms with van der Waals surface area (Å²) in [7, 11) is -1.69. The molecule has 0 bridgehead atoms. The lowest BCUT2D eigenvalue weighted by Crippen LogP contribution is -2.28. The van der Waals surface area contributed by atoms with Crippen LogP contribution >= 0.6 is 0 Å². The topological polar surface area (TPSA) is 130 Å². The number of fused-ring (bicyclic) bond motifs is 1. The molecule has 11 heteroatoms. The molecule has 0 spiro atoms. The molecule has 3 N–H and O–H groups in total. The van der Waals surface area contributed by atoms with Gasteiger partial charge in [-0.1, -0.05) is 6.07 Å². The molecule has 4 rings (SSSR count). The normalized spacial score (nSPS) is 12.1. The maximum atomic E-state index is 14.0. The number of ether oxygens (including phenoxy) is 1. The van der Waals surface area contributed by atoms with E-state index in [-0.39, 0.29) is 34.8 Å². The van der Waals surface area contributed by atoms with Crippen LogP contribution in [0.3, 0.4) is 0 Å². The molecule has 0 aliphatic heterocycles. The van der Waals surface area contributed by atoms with Crippen LogP contribution in [0.2, 0.25) is 0 Å². The summed E-state index contributed by atoms with van der Waals surface area (Å²) in [5.74, 6) is -0.309. The van der Waals surface area contributed by atoms with Gasteiger partial charge in [0.1, 0.15) is 32.8 Å². The maximum Gasteiger partial charge on any atom is 0.267 e. The lowest BCUT2D eigenvalue weighted by atomic mass is 9.93. The highest BCUT2D eigenvalue weighted by Gasteiger charge is 2.23. The van der Waals surface area contributed by atoms with E-state index in [1.165, 1.54) is 22.8 Å². The number of benzene rings is 2. The Morgan fingerprint density at radius 2 is 1.77 bits per heavy atom. The van der Waals surface area contributed by atoms with Crippen molar-refractivity contribution in [3.05, 3.63) is 81.2 Å². The van der Waals surface area contributed by atoms with Crippen LogP contribution in [-0.4, -0.2) is 47.5 Å². The number of nitrogens with zero attached hydrogens (tertiary/aromatic N) is 1. The third-order valence-electron chi connectivity index (χ3n) is 6.58. The number of aromatic nitrogens is 2. The van der Waals surface area contributed by atoms with Crippen molar-refractivity contribution in [1.29, 1.82) is 0 Å². The van der Waals surface area contributed by atoms with Crippen LogP contribution in [0.4, 0.5) is 4.39 Å². The molecule has 0 fully saturated rings. The molecule has 40 heavy (non-hydrogen) atoms. The zero-order valence-electron chi connectivity index (χ0n) is 23.2. The minimum Gasteiger partial charge on any atom is -0.456 e. The summed E-state index contributed by atoms with van der Waals surface area (Å²) in [6, 6.07) is 9.33. The van der Waals surface area contributed by atoms with Crippen LogP contribution < -0.4 is 15.6 Å². The standard InChI is InChI=1S/C29H32FN3O6S/c1-16-11-19(30)12-17(2)26(16)39-24-8-7-18(29(3,4)36)13-20(24)22-15-33(5)28(35)21-14-23(32-25(21)22)27(34)31-9-10-40(6,37)38/h7-8,11-15,32,36H,9-10H2,1-6H3,(H,31,34). The van der Waals surface area contributed by atoms with Gasteiger partial charge in [-0.2, -0.15) is 0 Å². The summed E-state index contributed by atoms with van der Waals surface area (Å²) in [4.78, 5) is 28.9. The van der Waals surface area contributed by atoms with Gasteiger partial charge in [0.15, 0.2) is 0 Å². The van der Waals surface area contributed by atoms with E-state index in [0.29, 0.717) is 44.8 Å². The van der Waals surface area contributed by atoms with Crippen LogP contribution in [0.5, 0.6) is 11.5 Å². The van der Waals surface area contributed by atoms with Gasteiger partial charge in [-0.25, -0.2) is 12.8 Å². The van der Waals surface area contributed by atoms with E-state index in [4.69, 9.17) is 4.74 Å². The molecular weight excluding hydrogens is 537 g/mol. The Hall–Kier alpha value is -3.96. The summed E-state index contributed by atoms with van der Waals surface area (Å²) in [6.07, 6.45) is 2.68. The average Bonchev–Trinajstić information content (AvgIpc) is 3.28. The minimum absolute atomic E-state index is 0.0828. The highest BCUT2D eigenvalue weighted by atomic mass is 32.2. The summed E-state index contributed by atoms with van der Waals surface area (Å²) >= 11 is 0. The van der Waals surface area contributed by atoms with Crippen molar-refractivity contribution in [2.45, 2.75) is 33.3 Å². The third kappa shape index (κ3) is 6.10. The fourth-order valence-electron chi connectivity index (χ4n) is 4.49. The molecule has 2 aromatic heterocycles. The van der Waals surface area contributed by atoms with Gasteiger partial charge < -0.3 is 24.7 Å². The zero-order chi connectivity index (χ0) is 29.6. The Bertz CT molecular complexity index is 1780. The molecule has 0 atom stereocenters.